The van der Waals surface area contributed by atoms with Gasteiger partial charge in [-0.1, -0.05) is 78.9 Å². The van der Waals surface area contributed by atoms with E-state index in [4.69, 9.17) is 22.8 Å². The topological polar surface area (TPSA) is 25.8 Å². The molecule has 31 heavy (non-hydrogen) atoms. The largest absolute Gasteiger partial charge is 0.254 e. The first-order chi connectivity index (χ1) is 15.3. The fourth-order valence-corrected chi connectivity index (χ4v) is 3.77. The summed E-state index contributed by atoms with van der Waals surface area (Å²) in [5.41, 5.74) is 6.94. The van der Waals surface area contributed by atoms with Crippen LogP contribution in [0, 0.1) is 0 Å². The zero-order valence-corrected chi connectivity index (χ0v) is 21.2. The van der Waals surface area contributed by atoms with Gasteiger partial charge in [0.05, 0.1) is 11.0 Å². The Hall–Kier alpha value is -2.14. The van der Waals surface area contributed by atoms with Crippen LogP contribution in [-0.2, 0) is 12.8 Å². The third-order valence-corrected chi connectivity index (χ3v) is 5.18. The first-order valence-corrected chi connectivity index (χ1v) is 17.2. The van der Waals surface area contributed by atoms with Gasteiger partial charge in [0.25, 0.3) is 0 Å². The molecule has 0 aliphatic rings. The maximum Gasteiger partial charge on any atom is 0.0968 e. The van der Waals surface area contributed by atoms with Crippen LogP contribution >= 0.6 is 17.8 Å². The summed E-state index contributed by atoms with van der Waals surface area (Å²) in [5, 5.41) is 2.28. The van der Waals surface area contributed by atoms with E-state index in [1.165, 1.54) is 16.7 Å². The van der Waals surface area contributed by atoms with Gasteiger partial charge in [-0.05, 0) is 35.2 Å². The summed E-state index contributed by atoms with van der Waals surface area (Å²) in [6.45, 7) is 0. The third-order valence-electron chi connectivity index (χ3n) is 5.18. The SMILES string of the molecule is [Cl][Sn][Cl].c1ccc(Cc2cc3ccc4cccnc4c3nc2Cc2ccccc2)cc1. The maximum atomic E-state index is 5.13. The number of hydrogen-bond donors (Lipinski definition) is 0. The van der Waals surface area contributed by atoms with E-state index < -0.39 is 18.9 Å². The van der Waals surface area contributed by atoms with Crippen LogP contribution in [0.4, 0.5) is 0 Å². The molecule has 0 N–H and O–H groups in total. The minimum Gasteiger partial charge on any atom is -0.254 e. The minimum absolute atomic E-state index is 0.822. The van der Waals surface area contributed by atoms with Gasteiger partial charge in [0.1, 0.15) is 0 Å². The molecule has 2 aromatic heterocycles. The number of benzene rings is 3. The van der Waals surface area contributed by atoms with Crippen LogP contribution in [0.1, 0.15) is 22.4 Å². The van der Waals surface area contributed by atoms with Crippen LogP contribution in [0.15, 0.2) is 97.2 Å². The molecule has 5 aromatic rings. The van der Waals surface area contributed by atoms with Gasteiger partial charge in [-0.2, -0.15) is 0 Å². The van der Waals surface area contributed by atoms with Crippen LogP contribution in [0.5, 0.6) is 0 Å². The summed E-state index contributed by atoms with van der Waals surface area (Å²) in [4.78, 5) is 9.74. The van der Waals surface area contributed by atoms with Crippen molar-refractivity contribution < 1.29 is 0 Å². The predicted molar refractivity (Wildman–Crippen MR) is 133 cm³/mol. The van der Waals surface area contributed by atoms with Gasteiger partial charge in [-0.25, -0.2) is 4.98 Å². The van der Waals surface area contributed by atoms with E-state index in [1.807, 2.05) is 12.3 Å². The van der Waals surface area contributed by atoms with Crippen molar-refractivity contribution in [3.05, 3.63) is 120 Å². The van der Waals surface area contributed by atoms with Crippen molar-refractivity contribution in [1.29, 1.82) is 0 Å². The molecule has 0 saturated carbocycles. The molecule has 0 unspecified atom stereocenters. The maximum absolute atomic E-state index is 5.13. The standard InChI is InChI=1S/C26H20N2.2ClH.Sn/c1-3-8-19(9-4-1)16-23-18-22-14-13-21-12-7-15-27-25(21)26(22)28-24(23)17-20-10-5-2-6-11-20;;;/h1-15,18H,16-17H2;2*1H;/q;;;+2/p-2. The van der Waals surface area contributed by atoms with Crippen LogP contribution < -0.4 is 0 Å². The monoisotopic (exact) mass is 550 g/mol. The molecule has 0 aliphatic carbocycles. The fraction of sp³-hybridized carbons (Fsp3) is 0.0769. The second-order valence-corrected chi connectivity index (χ2v) is 11.4. The zero-order valence-electron chi connectivity index (χ0n) is 16.8. The molecule has 5 rings (SSSR count). The molecule has 5 heteroatoms. The van der Waals surface area contributed by atoms with E-state index in [1.54, 1.807) is 0 Å². The van der Waals surface area contributed by atoms with Crippen LogP contribution in [-0.4, -0.2) is 28.9 Å². The number of nitrogens with zero attached hydrogens (tertiary/aromatic N) is 2. The van der Waals surface area contributed by atoms with E-state index >= 15 is 0 Å². The van der Waals surface area contributed by atoms with Crippen molar-refractivity contribution in [2.75, 3.05) is 0 Å². The number of pyridine rings is 2. The van der Waals surface area contributed by atoms with Gasteiger partial charge in [0, 0.05) is 29.1 Å². The van der Waals surface area contributed by atoms with Crippen molar-refractivity contribution in [1.82, 2.24) is 9.97 Å². The summed E-state index contributed by atoms with van der Waals surface area (Å²) in [6.07, 6.45) is 3.55. The molecule has 0 saturated heterocycles. The normalized spacial score (nSPS) is 10.6. The zero-order chi connectivity index (χ0) is 21.5. The molecule has 2 radical (unpaired) electrons. The average molecular weight is 550 g/mol. The van der Waals surface area contributed by atoms with Gasteiger partial charge in [-0.3, -0.25) is 4.98 Å². The Morgan fingerprint density at radius 2 is 1.26 bits per heavy atom. The van der Waals surface area contributed by atoms with E-state index in [0.717, 1.165) is 40.3 Å². The smallest absolute Gasteiger partial charge is 0.0968 e. The molecule has 0 aliphatic heterocycles. The molecular formula is C26H20Cl2N2Sn. The Balaban J connectivity index is 0.000000730. The summed E-state index contributed by atoms with van der Waals surface area (Å²) in [5.74, 6) is 0. The summed E-state index contributed by atoms with van der Waals surface area (Å²) >= 11 is -0.826. The Morgan fingerprint density at radius 1 is 0.645 bits per heavy atom. The molecule has 0 spiro atoms. The molecule has 0 atom stereocenters. The molecule has 0 bridgehead atoms. The van der Waals surface area contributed by atoms with Crippen molar-refractivity contribution in [2.24, 2.45) is 0 Å². The van der Waals surface area contributed by atoms with E-state index in [2.05, 4.69) is 89.9 Å². The van der Waals surface area contributed by atoms with Gasteiger partial charge in [-0.15, -0.1) is 0 Å². The average Bonchev–Trinajstić information content (AvgIpc) is 2.81. The molecule has 0 amide bonds. The van der Waals surface area contributed by atoms with Gasteiger partial charge in [0.2, 0.25) is 0 Å². The Kier molecular flexibility index (Phi) is 7.79. The summed E-state index contributed by atoms with van der Waals surface area (Å²) in [7, 11) is 9.87. The number of aromatic nitrogens is 2. The fourth-order valence-electron chi connectivity index (χ4n) is 3.77. The molecule has 152 valence electrons. The van der Waals surface area contributed by atoms with Crippen LogP contribution in [0.25, 0.3) is 21.8 Å². The number of fused-ring (bicyclic) bond motifs is 3. The second-order valence-electron chi connectivity index (χ2n) is 7.20. The number of halogens is 2. The van der Waals surface area contributed by atoms with Gasteiger partial charge < -0.3 is 0 Å². The predicted octanol–water partition coefficient (Wildman–Crippen LogP) is 6.96. The van der Waals surface area contributed by atoms with Crippen molar-refractivity contribution >= 4 is 58.5 Å². The quantitative estimate of drug-likeness (QED) is 0.179. The minimum atomic E-state index is -0.826. The third kappa shape index (κ3) is 5.56. The van der Waals surface area contributed by atoms with Crippen molar-refractivity contribution in [3.63, 3.8) is 0 Å². The second kappa shape index (κ2) is 10.9. The first kappa shape index (κ1) is 22.1. The molecule has 0 fully saturated rings. The van der Waals surface area contributed by atoms with Crippen LogP contribution in [0.3, 0.4) is 0 Å². The van der Waals surface area contributed by atoms with Gasteiger partial charge >= 0.3 is 36.7 Å². The van der Waals surface area contributed by atoms with E-state index in [9.17, 15) is 0 Å². The van der Waals surface area contributed by atoms with Crippen LogP contribution in [0.2, 0.25) is 0 Å². The molecular weight excluding hydrogens is 530 g/mol. The Bertz CT molecular complexity index is 1280. The van der Waals surface area contributed by atoms with Crippen molar-refractivity contribution in [3.8, 4) is 0 Å². The molecule has 2 heterocycles. The van der Waals surface area contributed by atoms with Gasteiger partial charge in [0.15, 0.2) is 0 Å². The van der Waals surface area contributed by atoms with E-state index in [0.29, 0.717) is 0 Å². The Morgan fingerprint density at radius 3 is 1.94 bits per heavy atom. The summed E-state index contributed by atoms with van der Waals surface area (Å²) in [6, 6.07) is 31.8. The number of rotatable bonds is 4. The number of hydrogen-bond acceptors (Lipinski definition) is 2. The molecule has 3 aromatic carbocycles. The van der Waals surface area contributed by atoms with Crippen molar-refractivity contribution in [2.45, 2.75) is 12.8 Å². The summed E-state index contributed by atoms with van der Waals surface area (Å²) < 4.78 is 0. The molecule has 2 nitrogen and oxygen atoms in total. The first-order valence-electron chi connectivity index (χ1n) is 9.99. The van der Waals surface area contributed by atoms with E-state index in [-0.39, 0.29) is 0 Å². The Labute approximate surface area is 199 Å².